The summed E-state index contributed by atoms with van der Waals surface area (Å²) in [5.74, 6) is 2.04. The molecule has 0 aliphatic rings. The van der Waals surface area contributed by atoms with Crippen molar-refractivity contribution < 1.29 is 4.21 Å². The van der Waals surface area contributed by atoms with Crippen molar-refractivity contribution in [2.45, 2.75) is 33.2 Å². The number of hydrogen-bond donors (Lipinski definition) is 1. The van der Waals surface area contributed by atoms with E-state index in [2.05, 4.69) is 15.3 Å². The highest BCUT2D eigenvalue weighted by molar-refractivity contribution is 7.84. The number of halogens is 1. The average Bonchev–Trinajstić information content (AvgIpc) is 2.23. The second-order valence-electron chi connectivity index (χ2n) is 4.04. The van der Waals surface area contributed by atoms with Crippen molar-refractivity contribution in [3.8, 4) is 0 Å². The quantitative estimate of drug-likeness (QED) is 0.837. The van der Waals surface area contributed by atoms with E-state index in [-0.39, 0.29) is 6.04 Å². The molecule has 6 heteroatoms. The lowest BCUT2D eigenvalue weighted by atomic mass is 10.3. The molecule has 0 fully saturated rings. The van der Waals surface area contributed by atoms with Crippen LogP contribution in [0.3, 0.4) is 0 Å². The zero-order valence-corrected chi connectivity index (χ0v) is 12.2. The van der Waals surface area contributed by atoms with E-state index in [0.29, 0.717) is 16.7 Å². The van der Waals surface area contributed by atoms with Crippen molar-refractivity contribution in [3.63, 3.8) is 0 Å². The van der Waals surface area contributed by atoms with Crippen molar-refractivity contribution in [2.75, 3.05) is 17.3 Å². The van der Waals surface area contributed by atoms with Crippen molar-refractivity contribution in [2.24, 2.45) is 0 Å². The summed E-state index contributed by atoms with van der Waals surface area (Å²) in [6.07, 6.45) is 2.43. The van der Waals surface area contributed by atoms with Crippen LogP contribution in [0, 0.1) is 6.92 Å². The Kier molecular flexibility index (Phi) is 5.33. The summed E-state index contributed by atoms with van der Waals surface area (Å²) in [4.78, 5) is 8.57. The lowest BCUT2D eigenvalue weighted by Crippen LogP contribution is -2.24. The molecule has 1 aromatic rings. The molecule has 0 saturated heterocycles. The summed E-state index contributed by atoms with van der Waals surface area (Å²) < 4.78 is 11.1. The third kappa shape index (κ3) is 4.24. The normalized spacial score (nSPS) is 14.4. The van der Waals surface area contributed by atoms with E-state index >= 15 is 0 Å². The van der Waals surface area contributed by atoms with Gasteiger partial charge in [-0.2, -0.15) is 0 Å². The Hall–Kier alpha value is -0.680. The molecule has 1 heterocycles. The van der Waals surface area contributed by atoms with Crippen LogP contribution in [0.1, 0.15) is 25.2 Å². The van der Waals surface area contributed by atoms with Crippen molar-refractivity contribution in [3.05, 3.63) is 16.5 Å². The molecule has 0 saturated carbocycles. The third-order valence-electron chi connectivity index (χ3n) is 2.32. The first-order valence-corrected chi connectivity index (χ1v) is 7.64. The molecular weight excluding hydrogens is 258 g/mol. The smallest absolute Gasteiger partial charge is 0.137 e. The van der Waals surface area contributed by atoms with Crippen LogP contribution in [0.15, 0.2) is 0 Å². The van der Waals surface area contributed by atoms with Crippen LogP contribution in [-0.2, 0) is 17.2 Å². The predicted molar refractivity (Wildman–Crippen MR) is 73.2 cm³/mol. The molecule has 2 atom stereocenters. The molecule has 0 spiro atoms. The van der Waals surface area contributed by atoms with Gasteiger partial charge in [0, 0.05) is 40.8 Å². The standard InChI is InChI=1S/C11H18ClN3OS/c1-5-9-14-10(12)8(3)11(15-9)13-7(2)6-17(4)16/h7H,5-6H2,1-4H3,(H,13,14,15). The summed E-state index contributed by atoms with van der Waals surface area (Å²) >= 11 is 6.04. The Labute approximate surface area is 110 Å². The molecule has 0 aliphatic carbocycles. The van der Waals surface area contributed by atoms with Crippen LogP contribution < -0.4 is 5.32 Å². The molecule has 1 N–H and O–H groups in total. The molecule has 0 aromatic carbocycles. The fourth-order valence-electron chi connectivity index (χ4n) is 1.46. The minimum Gasteiger partial charge on any atom is -0.366 e. The maximum atomic E-state index is 11.1. The van der Waals surface area contributed by atoms with Gasteiger partial charge >= 0.3 is 0 Å². The molecule has 0 radical (unpaired) electrons. The van der Waals surface area contributed by atoms with Crippen molar-refractivity contribution in [1.29, 1.82) is 0 Å². The molecule has 0 bridgehead atoms. The second-order valence-corrected chi connectivity index (χ2v) is 5.88. The Morgan fingerprint density at radius 3 is 2.65 bits per heavy atom. The summed E-state index contributed by atoms with van der Waals surface area (Å²) in [6, 6.07) is 0.0928. The summed E-state index contributed by atoms with van der Waals surface area (Å²) in [6.45, 7) is 5.83. The fourth-order valence-corrected chi connectivity index (χ4v) is 2.43. The Morgan fingerprint density at radius 1 is 1.47 bits per heavy atom. The predicted octanol–water partition coefficient (Wildman–Crippen LogP) is 2.18. The van der Waals surface area contributed by atoms with Gasteiger partial charge in [0.25, 0.3) is 0 Å². The number of aromatic nitrogens is 2. The topological polar surface area (TPSA) is 54.9 Å². The molecule has 2 unspecified atom stereocenters. The van der Waals surface area contributed by atoms with Gasteiger partial charge in [-0.1, -0.05) is 18.5 Å². The van der Waals surface area contributed by atoms with Gasteiger partial charge < -0.3 is 5.32 Å². The average molecular weight is 276 g/mol. The Bertz CT molecular complexity index is 425. The van der Waals surface area contributed by atoms with Gasteiger partial charge in [0.1, 0.15) is 16.8 Å². The van der Waals surface area contributed by atoms with Crippen molar-refractivity contribution in [1.82, 2.24) is 9.97 Å². The van der Waals surface area contributed by atoms with E-state index in [1.54, 1.807) is 6.26 Å². The molecule has 1 rings (SSSR count). The van der Waals surface area contributed by atoms with Crippen LogP contribution in [0.25, 0.3) is 0 Å². The minimum atomic E-state index is -0.827. The van der Waals surface area contributed by atoms with Crippen LogP contribution in [0.5, 0.6) is 0 Å². The highest BCUT2D eigenvalue weighted by atomic mass is 35.5. The van der Waals surface area contributed by atoms with Gasteiger partial charge in [-0.15, -0.1) is 0 Å². The highest BCUT2D eigenvalue weighted by Gasteiger charge is 2.11. The number of anilines is 1. The summed E-state index contributed by atoms with van der Waals surface area (Å²) in [5, 5.41) is 3.70. The summed E-state index contributed by atoms with van der Waals surface area (Å²) in [5.41, 5.74) is 0.831. The maximum Gasteiger partial charge on any atom is 0.137 e. The van der Waals surface area contributed by atoms with Gasteiger partial charge in [0.15, 0.2) is 0 Å². The Balaban J connectivity index is 2.89. The number of nitrogens with zero attached hydrogens (tertiary/aromatic N) is 2. The zero-order chi connectivity index (χ0) is 13.0. The largest absolute Gasteiger partial charge is 0.366 e. The zero-order valence-electron chi connectivity index (χ0n) is 10.6. The molecule has 1 aromatic heterocycles. The molecule has 96 valence electrons. The van der Waals surface area contributed by atoms with Gasteiger partial charge in [-0.05, 0) is 13.8 Å². The van der Waals surface area contributed by atoms with Gasteiger partial charge in [-0.3, -0.25) is 4.21 Å². The first-order chi connectivity index (χ1) is 7.93. The van der Waals surface area contributed by atoms with Gasteiger partial charge in [-0.25, -0.2) is 9.97 Å². The van der Waals surface area contributed by atoms with E-state index in [4.69, 9.17) is 11.6 Å². The number of nitrogens with one attached hydrogen (secondary N) is 1. The first-order valence-electron chi connectivity index (χ1n) is 5.53. The van der Waals surface area contributed by atoms with E-state index < -0.39 is 10.8 Å². The summed E-state index contributed by atoms with van der Waals surface area (Å²) in [7, 11) is -0.827. The second kappa shape index (κ2) is 6.31. The SMILES string of the molecule is CCc1nc(Cl)c(C)c(NC(C)CS(C)=O)n1. The van der Waals surface area contributed by atoms with Crippen molar-refractivity contribution >= 4 is 28.2 Å². The lowest BCUT2D eigenvalue weighted by molar-refractivity contribution is 0.682. The molecule has 17 heavy (non-hydrogen) atoms. The lowest BCUT2D eigenvalue weighted by Gasteiger charge is -2.16. The van der Waals surface area contributed by atoms with E-state index in [0.717, 1.165) is 17.8 Å². The number of rotatable bonds is 5. The van der Waals surface area contributed by atoms with Crippen LogP contribution in [-0.4, -0.2) is 32.2 Å². The van der Waals surface area contributed by atoms with Crippen LogP contribution >= 0.6 is 11.6 Å². The van der Waals surface area contributed by atoms with Gasteiger partial charge in [0.05, 0.1) is 0 Å². The number of aryl methyl sites for hydroxylation is 1. The third-order valence-corrected chi connectivity index (χ3v) is 3.65. The fraction of sp³-hybridized carbons (Fsp3) is 0.636. The van der Waals surface area contributed by atoms with E-state index in [9.17, 15) is 4.21 Å². The van der Waals surface area contributed by atoms with Crippen LogP contribution in [0.4, 0.5) is 5.82 Å². The molecule has 4 nitrogen and oxygen atoms in total. The monoisotopic (exact) mass is 275 g/mol. The highest BCUT2D eigenvalue weighted by Crippen LogP contribution is 2.20. The molecule has 0 amide bonds. The Morgan fingerprint density at radius 2 is 2.12 bits per heavy atom. The minimum absolute atomic E-state index is 0.0928. The molecule has 0 aliphatic heterocycles. The van der Waals surface area contributed by atoms with E-state index in [1.165, 1.54) is 0 Å². The molecular formula is C11H18ClN3OS. The number of hydrogen-bond acceptors (Lipinski definition) is 4. The van der Waals surface area contributed by atoms with E-state index in [1.807, 2.05) is 20.8 Å². The first kappa shape index (κ1) is 14.4. The van der Waals surface area contributed by atoms with Gasteiger partial charge in [0.2, 0.25) is 0 Å². The van der Waals surface area contributed by atoms with Crippen LogP contribution in [0.2, 0.25) is 5.15 Å². The maximum absolute atomic E-state index is 11.1.